The fraction of sp³-hybridized carbons (Fsp3) is 0.143. The largest absolute Gasteiger partial charge is 0.421 e. The summed E-state index contributed by atoms with van der Waals surface area (Å²) in [5.41, 5.74) is -6.03. The number of hydrogen-bond acceptors (Lipinski definition) is 3. The third kappa shape index (κ3) is 2.65. The number of hydrogen-bond donors (Lipinski definition) is 0. The Morgan fingerprint density at radius 2 is 1.61 bits per heavy atom. The topological polar surface area (TPSA) is 30.0 Å². The lowest BCUT2D eigenvalue weighted by Crippen LogP contribution is -2.28. The summed E-state index contributed by atoms with van der Waals surface area (Å²) >= 11 is 0.588. The molecule has 2 nitrogen and oxygen atoms in total. The van der Waals surface area contributed by atoms with Gasteiger partial charge in [0.1, 0.15) is 11.1 Å². The summed E-state index contributed by atoms with van der Waals surface area (Å²) < 4.78 is 78.4. The zero-order valence-corrected chi connectivity index (χ0v) is 11.7. The van der Waals surface area contributed by atoms with E-state index in [-0.39, 0.29) is 5.52 Å². The maximum Gasteiger partial charge on any atom is 0.421 e. The Balaban J connectivity index is 2.53. The van der Waals surface area contributed by atoms with Crippen LogP contribution in [0.25, 0.3) is 20.8 Å². The van der Waals surface area contributed by atoms with Gasteiger partial charge < -0.3 is 0 Å². The lowest BCUT2D eigenvalue weighted by molar-refractivity contribution is -0.144. The molecule has 0 N–H and O–H groups in total. The second kappa shape index (κ2) is 4.92. The average molecular weight is 349 g/mol. The lowest BCUT2D eigenvalue weighted by Gasteiger charge is -2.16. The van der Waals surface area contributed by atoms with Crippen LogP contribution in [0.2, 0.25) is 0 Å². The molecule has 23 heavy (non-hydrogen) atoms. The summed E-state index contributed by atoms with van der Waals surface area (Å²) in [7, 11) is 0. The molecule has 1 aromatic carbocycles. The van der Waals surface area contributed by atoms with E-state index in [0.29, 0.717) is 22.1 Å². The number of alkyl halides is 6. The molecule has 0 radical (unpaired) electrons. The zero-order valence-electron chi connectivity index (χ0n) is 10.9. The molecule has 3 rings (SSSR count). The van der Waals surface area contributed by atoms with E-state index in [0.717, 1.165) is 0 Å². The van der Waals surface area contributed by atoms with Crippen molar-refractivity contribution in [2.75, 3.05) is 0 Å². The van der Waals surface area contributed by atoms with Crippen LogP contribution in [0, 0.1) is 0 Å². The molecule has 1 heterocycles. The van der Waals surface area contributed by atoms with Crippen molar-refractivity contribution < 1.29 is 26.3 Å². The Morgan fingerprint density at radius 1 is 0.957 bits per heavy atom. The Kier molecular flexibility index (Phi) is 3.36. The van der Waals surface area contributed by atoms with Crippen molar-refractivity contribution in [3.63, 3.8) is 0 Å². The summed E-state index contributed by atoms with van der Waals surface area (Å²) in [4.78, 5) is 15.0. The van der Waals surface area contributed by atoms with E-state index in [9.17, 15) is 31.1 Å². The molecule has 1 aliphatic heterocycles. The van der Waals surface area contributed by atoms with E-state index in [2.05, 4.69) is 4.98 Å². The molecule has 0 atom stereocenters. The highest BCUT2D eigenvalue weighted by Gasteiger charge is 2.44. The van der Waals surface area contributed by atoms with Crippen molar-refractivity contribution in [3.8, 4) is 10.6 Å². The van der Waals surface area contributed by atoms with Gasteiger partial charge in [-0.3, -0.25) is 4.79 Å². The van der Waals surface area contributed by atoms with E-state index >= 15 is 0 Å². The Morgan fingerprint density at radius 3 is 2.22 bits per heavy atom. The van der Waals surface area contributed by atoms with Crippen molar-refractivity contribution >= 4 is 21.6 Å². The van der Waals surface area contributed by atoms with Crippen molar-refractivity contribution in [2.45, 2.75) is 12.4 Å². The van der Waals surface area contributed by atoms with Gasteiger partial charge in [0.2, 0.25) is 5.43 Å². The SMILES string of the molecule is O=c1c(C(F)(F)F)cc2nc3ccccc3sc-2c1C(F)(F)F. The molecule has 2 aliphatic rings. The number of para-hydroxylation sites is 1. The maximum absolute atomic E-state index is 13.2. The monoisotopic (exact) mass is 349 g/mol. The van der Waals surface area contributed by atoms with Crippen LogP contribution in [0.3, 0.4) is 0 Å². The number of rotatable bonds is 0. The van der Waals surface area contributed by atoms with Crippen molar-refractivity contribution in [2.24, 2.45) is 0 Å². The van der Waals surface area contributed by atoms with Gasteiger partial charge in [0, 0.05) is 0 Å². The molecule has 1 aromatic rings. The number of benzene rings is 2. The molecule has 0 aromatic heterocycles. The predicted molar refractivity (Wildman–Crippen MR) is 72.5 cm³/mol. The van der Waals surface area contributed by atoms with E-state index < -0.39 is 39.5 Å². The van der Waals surface area contributed by atoms with Gasteiger partial charge in [0.15, 0.2) is 0 Å². The highest BCUT2D eigenvalue weighted by atomic mass is 32.1. The lowest BCUT2D eigenvalue weighted by atomic mass is 10.0. The minimum atomic E-state index is -5.21. The summed E-state index contributed by atoms with van der Waals surface area (Å²) in [6.07, 6.45) is -10.4. The van der Waals surface area contributed by atoms with Crippen LogP contribution >= 0.6 is 11.3 Å². The van der Waals surface area contributed by atoms with E-state index in [1.807, 2.05) is 0 Å². The molecule has 120 valence electrons. The molecular formula is C14H5F6NOS. The summed E-state index contributed by atoms with van der Waals surface area (Å²) in [6.45, 7) is 0. The van der Waals surface area contributed by atoms with Gasteiger partial charge in [0.25, 0.3) is 0 Å². The third-order valence-electron chi connectivity index (χ3n) is 3.12. The number of aromatic nitrogens is 1. The van der Waals surface area contributed by atoms with Gasteiger partial charge in [-0.2, -0.15) is 26.3 Å². The summed E-state index contributed by atoms with van der Waals surface area (Å²) in [5.74, 6) is 0. The highest BCUT2D eigenvalue weighted by molar-refractivity contribution is 7.21. The molecule has 1 aliphatic carbocycles. The molecule has 0 unspecified atom stereocenters. The average Bonchev–Trinajstić information content (AvgIpc) is 2.41. The van der Waals surface area contributed by atoms with Crippen LogP contribution in [-0.4, -0.2) is 4.98 Å². The van der Waals surface area contributed by atoms with E-state index in [1.54, 1.807) is 12.1 Å². The van der Waals surface area contributed by atoms with Gasteiger partial charge >= 0.3 is 12.4 Å². The molecule has 0 spiro atoms. The zero-order chi connectivity index (χ0) is 17.0. The minimum absolute atomic E-state index is 0.255. The molecule has 0 saturated carbocycles. The van der Waals surface area contributed by atoms with Crippen LogP contribution in [-0.2, 0) is 12.4 Å². The first kappa shape index (κ1) is 15.7. The van der Waals surface area contributed by atoms with Crippen LogP contribution < -0.4 is 5.43 Å². The Hall–Kier alpha value is -2.16. The minimum Gasteiger partial charge on any atom is -0.289 e. The van der Waals surface area contributed by atoms with Crippen molar-refractivity contribution in [1.82, 2.24) is 4.98 Å². The van der Waals surface area contributed by atoms with Gasteiger partial charge in [-0.25, -0.2) is 4.98 Å². The summed E-state index contributed by atoms with van der Waals surface area (Å²) in [5, 5.41) is 0. The van der Waals surface area contributed by atoms with Gasteiger partial charge in [-0.15, -0.1) is 11.3 Å². The molecule has 0 amide bonds. The van der Waals surface area contributed by atoms with E-state index in [4.69, 9.17) is 0 Å². The van der Waals surface area contributed by atoms with E-state index in [1.165, 1.54) is 12.1 Å². The highest BCUT2D eigenvalue weighted by Crippen LogP contribution is 2.42. The normalized spacial score (nSPS) is 13.0. The fourth-order valence-electron chi connectivity index (χ4n) is 2.16. The van der Waals surface area contributed by atoms with Crippen LogP contribution in [0.15, 0.2) is 35.1 Å². The van der Waals surface area contributed by atoms with Gasteiger partial charge in [-0.05, 0) is 18.2 Å². The molecule has 0 bridgehead atoms. The van der Waals surface area contributed by atoms with Crippen LogP contribution in [0.5, 0.6) is 0 Å². The molecule has 9 heteroatoms. The Labute approximate surface area is 128 Å². The quantitative estimate of drug-likeness (QED) is 0.431. The molecule has 0 fully saturated rings. The fourth-order valence-corrected chi connectivity index (χ4v) is 3.27. The third-order valence-corrected chi connectivity index (χ3v) is 4.30. The summed E-state index contributed by atoms with van der Waals surface area (Å²) in [6, 6.07) is 6.44. The van der Waals surface area contributed by atoms with Crippen molar-refractivity contribution in [1.29, 1.82) is 0 Å². The second-order valence-corrected chi connectivity index (χ2v) is 5.71. The number of fused-ring (bicyclic) bond motifs is 2. The smallest absolute Gasteiger partial charge is 0.289 e. The first-order chi connectivity index (χ1) is 10.6. The molecular weight excluding hydrogens is 344 g/mol. The second-order valence-electron chi connectivity index (χ2n) is 4.65. The number of nitrogens with zero attached hydrogens (tertiary/aromatic N) is 1. The maximum atomic E-state index is 13.2. The van der Waals surface area contributed by atoms with Gasteiger partial charge in [0.05, 0.1) is 20.8 Å². The first-order valence-electron chi connectivity index (χ1n) is 6.10. The van der Waals surface area contributed by atoms with Gasteiger partial charge in [-0.1, -0.05) is 12.1 Å². The van der Waals surface area contributed by atoms with Crippen molar-refractivity contribution in [3.05, 3.63) is 51.7 Å². The Bertz CT molecular complexity index is 927. The number of halogens is 6. The first-order valence-corrected chi connectivity index (χ1v) is 6.91. The van der Waals surface area contributed by atoms with Crippen LogP contribution in [0.4, 0.5) is 26.3 Å². The molecule has 0 saturated heterocycles. The predicted octanol–water partition coefficient (Wildman–Crippen LogP) is 4.80. The van der Waals surface area contributed by atoms with Crippen LogP contribution in [0.1, 0.15) is 11.1 Å². The standard InChI is InChI=1S/C14H5F6NOS/c15-13(16,17)6-5-8-12(10(11(6)22)14(18,19)20)23-9-4-2-1-3-7(9)21-8/h1-5H.